The van der Waals surface area contributed by atoms with Gasteiger partial charge in [-0.3, -0.25) is 4.68 Å². The summed E-state index contributed by atoms with van der Waals surface area (Å²) in [6, 6.07) is 7.35. The molecule has 1 aliphatic heterocycles. The second kappa shape index (κ2) is 6.94. The molecule has 0 radical (unpaired) electrons. The number of likely N-dealkylation sites (tertiary alicyclic amines) is 1. The number of hydrogen-bond donors (Lipinski definition) is 0. The zero-order chi connectivity index (χ0) is 18.2. The number of ether oxygens (including phenoxy) is 1. The Kier molecular flexibility index (Phi) is 5.04. The van der Waals surface area contributed by atoms with E-state index in [9.17, 15) is 9.18 Å². The molecule has 1 amide bonds. The molecule has 1 saturated heterocycles. The maximum Gasteiger partial charge on any atom is 0.410 e. The summed E-state index contributed by atoms with van der Waals surface area (Å²) >= 11 is 3.45. The zero-order valence-electron chi connectivity index (χ0n) is 14.7. The lowest BCUT2D eigenvalue weighted by atomic mass is 10.1. The molecule has 3 rings (SSSR count). The summed E-state index contributed by atoms with van der Waals surface area (Å²) in [5.41, 5.74) is 0.341. The standard InChI is InChI=1S/C18H23BrFN3O2/c1-18(2,3)25-17(24)22-10-8-13(20)15(9-11-22)23-14-7-5-4-6-12(14)16(19)21-23/h4-7,13,15H,8-11H2,1-3H3/t13-,15-/m0/s1. The van der Waals surface area contributed by atoms with Gasteiger partial charge in [0.15, 0.2) is 0 Å². The van der Waals surface area contributed by atoms with Gasteiger partial charge in [-0.05, 0) is 55.6 Å². The van der Waals surface area contributed by atoms with E-state index in [1.54, 1.807) is 9.58 Å². The molecule has 0 unspecified atom stereocenters. The first-order chi connectivity index (χ1) is 11.8. The predicted molar refractivity (Wildman–Crippen MR) is 98.4 cm³/mol. The number of carbonyl (C=O) groups excluding carboxylic acids is 1. The number of halogens is 2. The van der Waals surface area contributed by atoms with Gasteiger partial charge in [0.1, 0.15) is 16.4 Å². The van der Waals surface area contributed by atoms with Crippen molar-refractivity contribution < 1.29 is 13.9 Å². The van der Waals surface area contributed by atoms with Crippen LogP contribution in [0, 0.1) is 0 Å². The molecular formula is C18H23BrFN3O2. The van der Waals surface area contributed by atoms with Gasteiger partial charge in [0, 0.05) is 18.5 Å². The molecule has 7 heteroatoms. The van der Waals surface area contributed by atoms with E-state index in [1.165, 1.54) is 0 Å². The third-order valence-electron chi connectivity index (χ3n) is 4.32. The topological polar surface area (TPSA) is 47.4 Å². The highest BCUT2D eigenvalue weighted by Crippen LogP contribution is 2.32. The van der Waals surface area contributed by atoms with Gasteiger partial charge in [0.05, 0.1) is 11.6 Å². The summed E-state index contributed by atoms with van der Waals surface area (Å²) in [6.45, 7) is 6.30. The van der Waals surface area contributed by atoms with Crippen molar-refractivity contribution in [3.63, 3.8) is 0 Å². The number of rotatable bonds is 1. The summed E-state index contributed by atoms with van der Waals surface area (Å²) in [5.74, 6) is 0. The van der Waals surface area contributed by atoms with Crippen molar-refractivity contribution >= 4 is 32.9 Å². The monoisotopic (exact) mass is 411 g/mol. The van der Waals surface area contributed by atoms with Crippen LogP contribution in [-0.2, 0) is 4.74 Å². The summed E-state index contributed by atoms with van der Waals surface area (Å²) in [6.07, 6.45) is -0.677. The lowest BCUT2D eigenvalue weighted by molar-refractivity contribution is 0.0254. The van der Waals surface area contributed by atoms with Crippen molar-refractivity contribution in [1.29, 1.82) is 0 Å². The summed E-state index contributed by atoms with van der Waals surface area (Å²) in [7, 11) is 0. The van der Waals surface area contributed by atoms with E-state index in [2.05, 4.69) is 21.0 Å². The number of nitrogens with zero attached hydrogens (tertiary/aromatic N) is 3. The number of carbonyl (C=O) groups is 1. The van der Waals surface area contributed by atoms with E-state index in [0.717, 1.165) is 10.9 Å². The minimum Gasteiger partial charge on any atom is -0.444 e. The fourth-order valence-electron chi connectivity index (χ4n) is 3.14. The number of benzene rings is 1. The first kappa shape index (κ1) is 18.2. The van der Waals surface area contributed by atoms with Crippen molar-refractivity contribution in [1.82, 2.24) is 14.7 Å². The largest absolute Gasteiger partial charge is 0.444 e. The Balaban J connectivity index is 1.81. The van der Waals surface area contributed by atoms with Crippen molar-refractivity contribution in [3.8, 4) is 0 Å². The van der Waals surface area contributed by atoms with Crippen LogP contribution in [0.25, 0.3) is 10.9 Å². The SMILES string of the molecule is CC(C)(C)OC(=O)N1CC[C@H](F)[C@@H](n2nc(Br)c3ccccc32)CC1. The number of amides is 1. The number of alkyl halides is 1. The number of aromatic nitrogens is 2. The Bertz CT molecular complexity index is 771. The smallest absolute Gasteiger partial charge is 0.410 e. The Morgan fingerprint density at radius 2 is 1.96 bits per heavy atom. The molecule has 1 aromatic heterocycles. The van der Waals surface area contributed by atoms with Gasteiger partial charge < -0.3 is 9.64 Å². The second-order valence-electron chi connectivity index (χ2n) is 7.38. The number of para-hydroxylation sites is 1. The van der Waals surface area contributed by atoms with Crippen LogP contribution in [0.15, 0.2) is 28.9 Å². The van der Waals surface area contributed by atoms with E-state index >= 15 is 0 Å². The lowest BCUT2D eigenvalue weighted by Gasteiger charge is -2.26. The van der Waals surface area contributed by atoms with Gasteiger partial charge in [0.25, 0.3) is 0 Å². The maximum absolute atomic E-state index is 14.9. The van der Waals surface area contributed by atoms with Crippen LogP contribution in [0.2, 0.25) is 0 Å². The molecule has 1 fully saturated rings. The van der Waals surface area contributed by atoms with Crippen LogP contribution in [0.5, 0.6) is 0 Å². The lowest BCUT2D eigenvalue weighted by Crippen LogP contribution is -2.37. The maximum atomic E-state index is 14.9. The molecule has 0 saturated carbocycles. The molecule has 0 spiro atoms. The fraction of sp³-hybridized carbons (Fsp3) is 0.556. The highest BCUT2D eigenvalue weighted by Gasteiger charge is 2.32. The van der Waals surface area contributed by atoms with Crippen LogP contribution < -0.4 is 0 Å². The number of hydrogen-bond acceptors (Lipinski definition) is 3. The average Bonchev–Trinajstić information content (AvgIpc) is 2.73. The third-order valence-corrected chi connectivity index (χ3v) is 4.91. The molecule has 2 heterocycles. The average molecular weight is 412 g/mol. The Hall–Kier alpha value is -1.63. The fourth-order valence-corrected chi connectivity index (χ4v) is 3.65. The van der Waals surface area contributed by atoms with Gasteiger partial charge in [-0.25, -0.2) is 9.18 Å². The van der Waals surface area contributed by atoms with Crippen molar-refractivity contribution in [2.24, 2.45) is 0 Å². The molecule has 0 bridgehead atoms. The molecule has 0 N–H and O–H groups in total. The van der Waals surface area contributed by atoms with Gasteiger partial charge in [-0.1, -0.05) is 18.2 Å². The van der Waals surface area contributed by atoms with E-state index in [4.69, 9.17) is 4.74 Å². The Morgan fingerprint density at radius 1 is 1.28 bits per heavy atom. The highest BCUT2D eigenvalue weighted by molar-refractivity contribution is 9.10. The second-order valence-corrected chi connectivity index (χ2v) is 8.13. The molecule has 25 heavy (non-hydrogen) atoms. The molecule has 2 atom stereocenters. The van der Waals surface area contributed by atoms with Crippen LogP contribution >= 0.6 is 15.9 Å². The van der Waals surface area contributed by atoms with Crippen LogP contribution in [0.3, 0.4) is 0 Å². The zero-order valence-corrected chi connectivity index (χ0v) is 16.3. The van der Waals surface area contributed by atoms with E-state index in [1.807, 2.05) is 45.0 Å². The van der Waals surface area contributed by atoms with E-state index in [0.29, 0.717) is 24.1 Å². The highest BCUT2D eigenvalue weighted by atomic mass is 79.9. The first-order valence-corrected chi connectivity index (χ1v) is 9.30. The quantitative estimate of drug-likeness (QED) is 0.682. The van der Waals surface area contributed by atoms with Crippen LogP contribution in [0.4, 0.5) is 9.18 Å². The van der Waals surface area contributed by atoms with Crippen LogP contribution in [0.1, 0.15) is 39.7 Å². The molecule has 5 nitrogen and oxygen atoms in total. The van der Waals surface area contributed by atoms with Crippen LogP contribution in [-0.4, -0.2) is 45.6 Å². The van der Waals surface area contributed by atoms with Crippen molar-refractivity contribution in [2.75, 3.05) is 13.1 Å². The molecule has 1 aromatic carbocycles. The first-order valence-electron chi connectivity index (χ1n) is 8.51. The minimum atomic E-state index is -1.07. The predicted octanol–water partition coefficient (Wildman–Crippen LogP) is 4.71. The summed E-state index contributed by atoms with van der Waals surface area (Å²) in [5, 5.41) is 5.45. The Labute approximate surface area is 155 Å². The van der Waals surface area contributed by atoms with Gasteiger partial charge >= 0.3 is 6.09 Å². The van der Waals surface area contributed by atoms with Crippen molar-refractivity contribution in [2.45, 2.75) is 51.4 Å². The Morgan fingerprint density at radius 3 is 2.68 bits per heavy atom. The summed E-state index contributed by atoms with van der Waals surface area (Å²) in [4.78, 5) is 13.9. The van der Waals surface area contributed by atoms with E-state index < -0.39 is 17.8 Å². The summed E-state index contributed by atoms with van der Waals surface area (Å²) < 4.78 is 22.7. The molecule has 1 aliphatic rings. The molecule has 136 valence electrons. The molecular weight excluding hydrogens is 389 g/mol. The minimum absolute atomic E-state index is 0.274. The third kappa shape index (κ3) is 3.97. The molecule has 0 aliphatic carbocycles. The molecule has 2 aromatic rings. The van der Waals surface area contributed by atoms with Crippen molar-refractivity contribution in [3.05, 3.63) is 28.9 Å². The van der Waals surface area contributed by atoms with Gasteiger partial charge in [-0.2, -0.15) is 5.10 Å². The number of fused-ring (bicyclic) bond motifs is 1. The van der Waals surface area contributed by atoms with Gasteiger partial charge in [0.2, 0.25) is 0 Å². The van der Waals surface area contributed by atoms with Gasteiger partial charge in [-0.15, -0.1) is 0 Å². The normalized spacial score (nSPS) is 22.0. The van der Waals surface area contributed by atoms with E-state index in [-0.39, 0.29) is 12.5 Å².